The molecule has 1 atom stereocenters. The largest absolute Gasteiger partial charge is 0.434 e. The number of hydrogen-bond donors (Lipinski definition) is 2. The van der Waals surface area contributed by atoms with Crippen LogP contribution in [0.15, 0.2) is 41.1 Å². The zero-order valence-corrected chi connectivity index (χ0v) is 10.9. The lowest BCUT2D eigenvalue weighted by molar-refractivity contribution is -0.0507. The van der Waals surface area contributed by atoms with Crippen molar-refractivity contribution in [1.29, 1.82) is 0 Å². The summed E-state index contributed by atoms with van der Waals surface area (Å²) in [6.07, 6.45) is 0.615. The fourth-order valence-electron chi connectivity index (χ4n) is 1.87. The Labute approximate surface area is 114 Å². The van der Waals surface area contributed by atoms with Crippen molar-refractivity contribution in [2.75, 3.05) is 0 Å². The Kier molecular flexibility index (Phi) is 4.84. The molecule has 0 saturated carbocycles. The zero-order valence-electron chi connectivity index (χ0n) is 10.1. The van der Waals surface area contributed by atoms with Crippen LogP contribution < -0.4 is 16.0 Å². The van der Waals surface area contributed by atoms with Gasteiger partial charge in [-0.3, -0.25) is 11.3 Å². The molecule has 2 rings (SSSR count). The summed E-state index contributed by atoms with van der Waals surface area (Å²) < 4.78 is 29.3. The Morgan fingerprint density at radius 2 is 2.05 bits per heavy atom. The number of rotatable bonds is 6. The number of ether oxygens (including phenoxy) is 1. The third-order valence-corrected chi connectivity index (χ3v) is 3.46. The molecule has 102 valence electrons. The van der Waals surface area contributed by atoms with Crippen molar-refractivity contribution in [3.8, 4) is 5.75 Å². The first-order valence-electron chi connectivity index (χ1n) is 5.71. The molecule has 19 heavy (non-hydrogen) atoms. The molecular weight excluding hydrogens is 270 g/mol. The molecule has 0 aliphatic carbocycles. The van der Waals surface area contributed by atoms with Crippen molar-refractivity contribution >= 4 is 11.3 Å². The summed E-state index contributed by atoms with van der Waals surface area (Å²) in [4.78, 5) is 0. The third kappa shape index (κ3) is 3.73. The molecule has 1 aromatic heterocycles. The number of hydrazine groups is 1. The number of halogens is 2. The van der Waals surface area contributed by atoms with Crippen LogP contribution in [0.1, 0.15) is 17.2 Å². The zero-order chi connectivity index (χ0) is 13.7. The maximum Gasteiger partial charge on any atom is 0.387 e. The van der Waals surface area contributed by atoms with Gasteiger partial charge in [-0.15, -0.1) is 0 Å². The van der Waals surface area contributed by atoms with Gasteiger partial charge in [-0.25, -0.2) is 0 Å². The van der Waals surface area contributed by atoms with Crippen LogP contribution in [0.25, 0.3) is 0 Å². The molecule has 1 aromatic carbocycles. The highest BCUT2D eigenvalue weighted by Gasteiger charge is 2.17. The maximum absolute atomic E-state index is 12.4. The number of hydrogen-bond acceptors (Lipinski definition) is 4. The molecule has 0 radical (unpaired) electrons. The van der Waals surface area contributed by atoms with Gasteiger partial charge in [0.05, 0.1) is 6.04 Å². The molecule has 0 aliphatic heterocycles. The minimum absolute atomic E-state index is 0.149. The van der Waals surface area contributed by atoms with E-state index in [-0.39, 0.29) is 11.8 Å². The number of nitrogens with one attached hydrogen (secondary N) is 1. The van der Waals surface area contributed by atoms with Crippen molar-refractivity contribution in [3.63, 3.8) is 0 Å². The Hall–Kier alpha value is -1.50. The molecule has 0 fully saturated rings. The number of para-hydroxylation sites is 1. The molecular formula is C13H14F2N2OS. The van der Waals surface area contributed by atoms with Crippen LogP contribution in [0, 0.1) is 0 Å². The molecule has 6 heteroatoms. The molecule has 1 unspecified atom stereocenters. The van der Waals surface area contributed by atoms with Gasteiger partial charge in [0, 0.05) is 5.56 Å². The summed E-state index contributed by atoms with van der Waals surface area (Å²) in [5, 5.41) is 3.96. The van der Waals surface area contributed by atoms with E-state index in [1.807, 2.05) is 16.8 Å². The van der Waals surface area contributed by atoms with E-state index in [4.69, 9.17) is 5.84 Å². The van der Waals surface area contributed by atoms with Crippen molar-refractivity contribution in [3.05, 3.63) is 52.2 Å². The van der Waals surface area contributed by atoms with E-state index in [0.29, 0.717) is 12.0 Å². The highest BCUT2D eigenvalue weighted by molar-refractivity contribution is 7.07. The van der Waals surface area contributed by atoms with Crippen LogP contribution in [-0.4, -0.2) is 6.61 Å². The average molecular weight is 284 g/mol. The Bertz CT molecular complexity index is 505. The molecule has 1 heterocycles. The van der Waals surface area contributed by atoms with Crippen molar-refractivity contribution in [1.82, 2.24) is 5.43 Å². The molecule has 0 bridgehead atoms. The lowest BCUT2D eigenvalue weighted by Gasteiger charge is -2.19. The van der Waals surface area contributed by atoms with Gasteiger partial charge in [0.25, 0.3) is 0 Å². The number of nitrogens with two attached hydrogens (primary N) is 1. The SMILES string of the molecule is NNC(Cc1ccsc1)c1ccccc1OC(F)F. The smallest absolute Gasteiger partial charge is 0.387 e. The van der Waals surface area contributed by atoms with Gasteiger partial charge in [0.1, 0.15) is 5.75 Å². The van der Waals surface area contributed by atoms with Crippen LogP contribution in [-0.2, 0) is 6.42 Å². The number of alkyl halides is 2. The maximum atomic E-state index is 12.4. The topological polar surface area (TPSA) is 47.3 Å². The van der Waals surface area contributed by atoms with Crippen molar-refractivity contribution in [2.45, 2.75) is 19.1 Å². The van der Waals surface area contributed by atoms with E-state index in [1.54, 1.807) is 29.5 Å². The van der Waals surface area contributed by atoms with Crippen LogP contribution in [0.3, 0.4) is 0 Å². The minimum atomic E-state index is -2.85. The van der Waals surface area contributed by atoms with Crippen LogP contribution >= 0.6 is 11.3 Å². The predicted molar refractivity (Wildman–Crippen MR) is 71.2 cm³/mol. The monoisotopic (exact) mass is 284 g/mol. The van der Waals surface area contributed by atoms with Gasteiger partial charge in [0.2, 0.25) is 0 Å². The quantitative estimate of drug-likeness (QED) is 0.633. The minimum Gasteiger partial charge on any atom is -0.434 e. The first-order chi connectivity index (χ1) is 9.20. The summed E-state index contributed by atoms with van der Waals surface area (Å²) in [6, 6.07) is 8.37. The van der Waals surface area contributed by atoms with E-state index in [2.05, 4.69) is 10.2 Å². The van der Waals surface area contributed by atoms with E-state index >= 15 is 0 Å². The van der Waals surface area contributed by atoms with E-state index in [1.165, 1.54) is 6.07 Å². The lowest BCUT2D eigenvalue weighted by Crippen LogP contribution is -2.30. The standard InChI is InChI=1S/C13H14F2N2OS/c14-13(15)18-12-4-2-1-3-10(12)11(17-16)7-9-5-6-19-8-9/h1-6,8,11,13,17H,7,16H2. The van der Waals surface area contributed by atoms with Gasteiger partial charge < -0.3 is 4.74 Å². The van der Waals surface area contributed by atoms with Gasteiger partial charge >= 0.3 is 6.61 Å². The van der Waals surface area contributed by atoms with E-state index < -0.39 is 6.61 Å². The fourth-order valence-corrected chi connectivity index (χ4v) is 2.56. The molecule has 0 spiro atoms. The first-order valence-corrected chi connectivity index (χ1v) is 6.66. The van der Waals surface area contributed by atoms with Gasteiger partial charge in [0.15, 0.2) is 0 Å². The molecule has 3 N–H and O–H groups in total. The highest BCUT2D eigenvalue weighted by Crippen LogP contribution is 2.28. The van der Waals surface area contributed by atoms with Crippen LogP contribution in [0.2, 0.25) is 0 Å². The summed E-state index contributed by atoms with van der Waals surface area (Å²) >= 11 is 1.58. The fraction of sp³-hybridized carbons (Fsp3) is 0.231. The summed E-state index contributed by atoms with van der Waals surface area (Å²) in [6.45, 7) is -2.85. The lowest BCUT2D eigenvalue weighted by atomic mass is 10.0. The predicted octanol–water partition coefficient (Wildman–Crippen LogP) is 3.10. The van der Waals surface area contributed by atoms with E-state index in [0.717, 1.165) is 5.56 Å². The number of benzene rings is 1. The Balaban J connectivity index is 2.22. The van der Waals surface area contributed by atoms with Crippen molar-refractivity contribution < 1.29 is 13.5 Å². The molecule has 0 aliphatic rings. The second kappa shape index (κ2) is 6.60. The highest BCUT2D eigenvalue weighted by atomic mass is 32.1. The van der Waals surface area contributed by atoms with Gasteiger partial charge in [-0.1, -0.05) is 18.2 Å². The summed E-state index contributed by atoms with van der Waals surface area (Å²) in [5.41, 5.74) is 4.37. The van der Waals surface area contributed by atoms with Gasteiger partial charge in [-0.2, -0.15) is 20.1 Å². The van der Waals surface area contributed by atoms with Crippen LogP contribution in [0.5, 0.6) is 5.75 Å². The average Bonchev–Trinajstić information content (AvgIpc) is 2.89. The second-order valence-electron chi connectivity index (χ2n) is 3.97. The third-order valence-electron chi connectivity index (χ3n) is 2.73. The molecule has 0 saturated heterocycles. The summed E-state index contributed by atoms with van der Waals surface area (Å²) in [7, 11) is 0. The normalized spacial score (nSPS) is 12.6. The first kappa shape index (κ1) is 13.9. The second-order valence-corrected chi connectivity index (χ2v) is 4.75. The number of thiophene rings is 1. The van der Waals surface area contributed by atoms with Crippen molar-refractivity contribution in [2.24, 2.45) is 5.84 Å². The summed E-state index contributed by atoms with van der Waals surface area (Å²) in [5.74, 6) is 5.68. The molecule has 0 amide bonds. The van der Waals surface area contributed by atoms with Crippen LogP contribution in [0.4, 0.5) is 8.78 Å². The van der Waals surface area contributed by atoms with E-state index in [9.17, 15) is 8.78 Å². The van der Waals surface area contributed by atoms with Gasteiger partial charge in [-0.05, 0) is 34.9 Å². The molecule has 2 aromatic rings. The Morgan fingerprint density at radius 3 is 2.68 bits per heavy atom. The molecule has 3 nitrogen and oxygen atoms in total. The Morgan fingerprint density at radius 1 is 1.26 bits per heavy atom.